The lowest BCUT2D eigenvalue weighted by Gasteiger charge is -2.10. The van der Waals surface area contributed by atoms with Crippen molar-refractivity contribution in [3.05, 3.63) is 68.7 Å². The fraction of sp³-hybridized carbons (Fsp3) is 0.200. The molecule has 0 amide bonds. The maximum Gasteiger partial charge on any atom is 0.416 e. The Morgan fingerprint density at radius 3 is 2.52 bits per heavy atom. The summed E-state index contributed by atoms with van der Waals surface area (Å²) in [5.74, 6) is 0. The molecule has 0 aromatic heterocycles. The predicted molar refractivity (Wildman–Crippen MR) is 81.1 cm³/mol. The highest BCUT2D eigenvalue weighted by molar-refractivity contribution is 9.10. The fourth-order valence-electron chi connectivity index (χ4n) is 1.88. The Balaban J connectivity index is 1.99. The standard InChI is InChI=1S/C15H12BrClF3N/c16-14-5-4-13(17)7-11(14)9-21-8-10-2-1-3-12(6-10)15(18,19)20/h1-7,21H,8-9H2. The molecule has 2 aromatic rings. The molecule has 0 saturated carbocycles. The zero-order valence-corrected chi connectivity index (χ0v) is 13.2. The molecule has 0 heterocycles. The molecule has 0 aliphatic rings. The van der Waals surface area contributed by atoms with Crippen molar-refractivity contribution in [2.24, 2.45) is 0 Å². The molecule has 0 unspecified atom stereocenters. The van der Waals surface area contributed by atoms with Crippen LogP contribution in [-0.4, -0.2) is 0 Å². The van der Waals surface area contributed by atoms with E-state index in [2.05, 4.69) is 21.2 Å². The van der Waals surface area contributed by atoms with Gasteiger partial charge in [0.2, 0.25) is 0 Å². The first-order valence-corrected chi connectivity index (χ1v) is 7.34. The average Bonchev–Trinajstić information content (AvgIpc) is 2.42. The summed E-state index contributed by atoms with van der Waals surface area (Å²) < 4.78 is 38.7. The molecule has 0 fully saturated rings. The van der Waals surface area contributed by atoms with E-state index in [1.807, 2.05) is 12.1 Å². The van der Waals surface area contributed by atoms with Crippen LogP contribution in [0.15, 0.2) is 46.9 Å². The number of nitrogens with one attached hydrogen (secondary N) is 1. The molecule has 1 nitrogen and oxygen atoms in total. The van der Waals surface area contributed by atoms with Gasteiger partial charge in [-0.2, -0.15) is 13.2 Å². The highest BCUT2D eigenvalue weighted by Gasteiger charge is 2.30. The molecule has 0 spiro atoms. The Kier molecular flexibility index (Phi) is 5.30. The van der Waals surface area contributed by atoms with Gasteiger partial charge in [0.1, 0.15) is 0 Å². The van der Waals surface area contributed by atoms with Crippen LogP contribution in [0, 0.1) is 0 Å². The highest BCUT2D eigenvalue weighted by Crippen LogP contribution is 2.29. The summed E-state index contributed by atoms with van der Waals surface area (Å²) in [6.07, 6.45) is -4.31. The van der Waals surface area contributed by atoms with Gasteiger partial charge in [0.15, 0.2) is 0 Å². The zero-order valence-electron chi connectivity index (χ0n) is 10.8. The summed E-state index contributed by atoms with van der Waals surface area (Å²) in [4.78, 5) is 0. The molecule has 0 saturated heterocycles. The van der Waals surface area contributed by atoms with E-state index >= 15 is 0 Å². The molecule has 0 radical (unpaired) electrons. The number of hydrogen-bond donors (Lipinski definition) is 1. The second-order valence-electron chi connectivity index (χ2n) is 4.54. The molecule has 0 atom stereocenters. The van der Waals surface area contributed by atoms with Gasteiger partial charge in [-0.15, -0.1) is 0 Å². The van der Waals surface area contributed by atoms with Crippen molar-refractivity contribution >= 4 is 27.5 Å². The lowest BCUT2D eigenvalue weighted by Crippen LogP contribution is -2.14. The number of benzene rings is 2. The van der Waals surface area contributed by atoms with Gasteiger partial charge < -0.3 is 5.32 Å². The van der Waals surface area contributed by atoms with Crippen LogP contribution in [0.3, 0.4) is 0 Å². The summed E-state index contributed by atoms with van der Waals surface area (Å²) in [5, 5.41) is 3.73. The van der Waals surface area contributed by atoms with E-state index in [4.69, 9.17) is 11.6 Å². The summed E-state index contributed by atoms with van der Waals surface area (Å²) in [5.41, 5.74) is 0.906. The quantitative estimate of drug-likeness (QED) is 0.750. The maximum absolute atomic E-state index is 12.6. The van der Waals surface area contributed by atoms with Gasteiger partial charge in [0.25, 0.3) is 0 Å². The number of halogens is 5. The van der Waals surface area contributed by atoms with E-state index in [1.165, 1.54) is 6.07 Å². The van der Waals surface area contributed by atoms with E-state index < -0.39 is 11.7 Å². The molecular formula is C15H12BrClF3N. The Labute approximate surface area is 134 Å². The van der Waals surface area contributed by atoms with Crippen LogP contribution in [0.2, 0.25) is 5.02 Å². The van der Waals surface area contributed by atoms with Gasteiger partial charge >= 0.3 is 6.18 Å². The van der Waals surface area contributed by atoms with Crippen molar-refractivity contribution in [3.63, 3.8) is 0 Å². The normalized spacial score (nSPS) is 11.7. The Morgan fingerprint density at radius 2 is 1.81 bits per heavy atom. The molecular weight excluding hydrogens is 367 g/mol. The van der Waals surface area contributed by atoms with E-state index in [0.717, 1.165) is 22.2 Å². The Hall–Kier alpha value is -1.04. The van der Waals surface area contributed by atoms with Crippen LogP contribution < -0.4 is 5.32 Å². The van der Waals surface area contributed by atoms with E-state index in [1.54, 1.807) is 12.1 Å². The molecule has 112 valence electrons. The van der Waals surface area contributed by atoms with Gasteiger partial charge in [0.05, 0.1) is 5.56 Å². The highest BCUT2D eigenvalue weighted by atomic mass is 79.9. The zero-order chi connectivity index (χ0) is 15.5. The van der Waals surface area contributed by atoms with Crippen LogP contribution in [-0.2, 0) is 19.3 Å². The first kappa shape index (κ1) is 16.3. The van der Waals surface area contributed by atoms with Crippen molar-refractivity contribution in [1.29, 1.82) is 0 Å². The topological polar surface area (TPSA) is 12.0 Å². The number of hydrogen-bond acceptors (Lipinski definition) is 1. The molecule has 2 aromatic carbocycles. The third kappa shape index (κ3) is 4.73. The van der Waals surface area contributed by atoms with Gasteiger partial charge in [-0.3, -0.25) is 0 Å². The van der Waals surface area contributed by atoms with Crippen molar-refractivity contribution in [3.8, 4) is 0 Å². The number of rotatable bonds is 4. The third-order valence-electron chi connectivity index (χ3n) is 2.91. The lowest BCUT2D eigenvalue weighted by molar-refractivity contribution is -0.137. The Bertz CT molecular complexity index is 629. The predicted octanol–water partition coefficient (Wildman–Crippen LogP) is 5.41. The van der Waals surface area contributed by atoms with Crippen molar-refractivity contribution in [2.45, 2.75) is 19.3 Å². The molecule has 0 bridgehead atoms. The minimum atomic E-state index is -4.31. The summed E-state index contributed by atoms with van der Waals surface area (Å²) in [6.45, 7) is 0.861. The number of alkyl halides is 3. The summed E-state index contributed by atoms with van der Waals surface area (Å²) >= 11 is 9.32. The minimum Gasteiger partial charge on any atom is -0.309 e. The second-order valence-corrected chi connectivity index (χ2v) is 5.83. The van der Waals surface area contributed by atoms with Gasteiger partial charge in [-0.05, 0) is 35.4 Å². The molecule has 6 heteroatoms. The van der Waals surface area contributed by atoms with E-state index in [-0.39, 0.29) is 0 Å². The first-order valence-electron chi connectivity index (χ1n) is 6.17. The third-order valence-corrected chi connectivity index (χ3v) is 3.92. The molecule has 2 rings (SSSR count). The van der Waals surface area contributed by atoms with Gasteiger partial charge in [-0.25, -0.2) is 0 Å². The van der Waals surface area contributed by atoms with E-state index in [0.29, 0.717) is 23.7 Å². The summed E-state index contributed by atoms with van der Waals surface area (Å²) in [6, 6.07) is 10.7. The van der Waals surface area contributed by atoms with Crippen molar-refractivity contribution < 1.29 is 13.2 Å². The van der Waals surface area contributed by atoms with Gasteiger partial charge in [0, 0.05) is 22.6 Å². The minimum absolute atomic E-state index is 0.350. The second kappa shape index (κ2) is 6.81. The monoisotopic (exact) mass is 377 g/mol. The smallest absolute Gasteiger partial charge is 0.309 e. The van der Waals surface area contributed by atoms with Crippen molar-refractivity contribution in [2.75, 3.05) is 0 Å². The molecule has 0 aliphatic carbocycles. The Morgan fingerprint density at radius 1 is 1.05 bits per heavy atom. The molecule has 0 aliphatic heterocycles. The van der Waals surface area contributed by atoms with Crippen LogP contribution in [0.4, 0.5) is 13.2 Å². The molecule has 21 heavy (non-hydrogen) atoms. The maximum atomic E-state index is 12.6. The van der Waals surface area contributed by atoms with Crippen LogP contribution in [0.5, 0.6) is 0 Å². The van der Waals surface area contributed by atoms with Crippen LogP contribution in [0.1, 0.15) is 16.7 Å². The van der Waals surface area contributed by atoms with Crippen molar-refractivity contribution in [1.82, 2.24) is 5.32 Å². The SMILES string of the molecule is FC(F)(F)c1cccc(CNCc2cc(Cl)ccc2Br)c1. The fourth-order valence-corrected chi connectivity index (χ4v) is 2.46. The van der Waals surface area contributed by atoms with E-state index in [9.17, 15) is 13.2 Å². The first-order chi connectivity index (χ1) is 9.86. The van der Waals surface area contributed by atoms with Crippen LogP contribution >= 0.6 is 27.5 Å². The lowest BCUT2D eigenvalue weighted by atomic mass is 10.1. The van der Waals surface area contributed by atoms with Crippen LogP contribution in [0.25, 0.3) is 0 Å². The summed E-state index contributed by atoms with van der Waals surface area (Å²) in [7, 11) is 0. The average molecular weight is 379 g/mol. The largest absolute Gasteiger partial charge is 0.416 e. The molecule has 1 N–H and O–H groups in total. The van der Waals surface area contributed by atoms with Gasteiger partial charge in [-0.1, -0.05) is 45.7 Å².